The summed E-state index contributed by atoms with van der Waals surface area (Å²) in [4.78, 5) is 0. The second-order valence-corrected chi connectivity index (χ2v) is 6.76. The van der Waals surface area contributed by atoms with Gasteiger partial charge in [-0.1, -0.05) is 12.2 Å². The van der Waals surface area contributed by atoms with Gasteiger partial charge < -0.3 is 4.74 Å². The van der Waals surface area contributed by atoms with Crippen LogP contribution in [-0.4, -0.2) is 11.2 Å². The normalized spacial score (nSPS) is 47.2. The summed E-state index contributed by atoms with van der Waals surface area (Å²) < 4.78 is 6.63. The van der Waals surface area contributed by atoms with E-state index in [-0.39, 0.29) is 16.6 Å². The maximum absolute atomic E-state index is 6.63. The van der Waals surface area contributed by atoms with Crippen LogP contribution in [-0.2, 0) is 4.74 Å². The molecule has 1 heterocycles. The first-order valence-electron chi connectivity index (χ1n) is 6.97. The lowest BCUT2D eigenvalue weighted by Crippen LogP contribution is -2.51. The van der Waals surface area contributed by atoms with Crippen LogP contribution in [0.1, 0.15) is 52.9 Å². The molecule has 3 aliphatic rings. The van der Waals surface area contributed by atoms with Crippen LogP contribution in [0.3, 0.4) is 0 Å². The van der Waals surface area contributed by atoms with E-state index in [9.17, 15) is 0 Å². The number of rotatable bonds is 1. The van der Waals surface area contributed by atoms with Gasteiger partial charge in [0, 0.05) is 5.41 Å². The quantitative estimate of drug-likeness (QED) is 0.614. The summed E-state index contributed by atoms with van der Waals surface area (Å²) in [6.45, 7) is 11.0. The summed E-state index contributed by atoms with van der Waals surface area (Å²) >= 11 is 0. The summed E-state index contributed by atoms with van der Waals surface area (Å²) in [5, 5.41) is 0. The topological polar surface area (TPSA) is 9.23 Å². The van der Waals surface area contributed by atoms with Crippen LogP contribution in [0.5, 0.6) is 0 Å². The molecule has 1 saturated carbocycles. The predicted molar refractivity (Wildman–Crippen MR) is 70.9 cm³/mol. The fourth-order valence-electron chi connectivity index (χ4n) is 4.60. The van der Waals surface area contributed by atoms with E-state index in [1.54, 1.807) is 0 Å². The molecule has 3 rings (SSSR count). The molecule has 94 valence electrons. The van der Waals surface area contributed by atoms with Crippen LogP contribution < -0.4 is 0 Å². The monoisotopic (exact) mass is 232 g/mol. The molecule has 0 aromatic carbocycles. The van der Waals surface area contributed by atoms with Gasteiger partial charge in [0.15, 0.2) is 0 Å². The van der Waals surface area contributed by atoms with Crippen molar-refractivity contribution in [3.8, 4) is 0 Å². The Hall–Kier alpha value is -0.560. The Morgan fingerprint density at radius 1 is 1.41 bits per heavy atom. The lowest BCUT2D eigenvalue weighted by atomic mass is 9.55. The van der Waals surface area contributed by atoms with Crippen molar-refractivity contribution >= 4 is 0 Å². The molecule has 1 aliphatic heterocycles. The maximum Gasteiger partial charge on any atom is 0.0990 e. The van der Waals surface area contributed by atoms with E-state index in [0.717, 1.165) is 5.92 Å². The molecule has 3 atom stereocenters. The van der Waals surface area contributed by atoms with Gasteiger partial charge >= 0.3 is 0 Å². The Labute approximate surface area is 105 Å². The predicted octanol–water partition coefficient (Wildman–Crippen LogP) is 4.25. The fourth-order valence-corrected chi connectivity index (χ4v) is 4.60. The molecule has 1 heteroatoms. The van der Waals surface area contributed by atoms with Crippen molar-refractivity contribution in [3.05, 3.63) is 24.3 Å². The van der Waals surface area contributed by atoms with Crippen molar-refractivity contribution in [1.82, 2.24) is 0 Å². The van der Waals surface area contributed by atoms with E-state index >= 15 is 0 Å². The summed E-state index contributed by atoms with van der Waals surface area (Å²) in [5.41, 5.74) is 1.67. The Morgan fingerprint density at radius 2 is 2.18 bits per heavy atom. The number of ether oxygens (including phenoxy) is 1. The molecule has 0 radical (unpaired) electrons. The third-order valence-electron chi connectivity index (χ3n) is 5.77. The van der Waals surface area contributed by atoms with Gasteiger partial charge in [-0.05, 0) is 64.4 Å². The van der Waals surface area contributed by atoms with Crippen molar-refractivity contribution < 1.29 is 4.74 Å². The van der Waals surface area contributed by atoms with Crippen LogP contribution in [0.15, 0.2) is 24.3 Å². The van der Waals surface area contributed by atoms with E-state index in [1.165, 1.54) is 37.7 Å². The highest BCUT2D eigenvalue weighted by molar-refractivity contribution is 5.33. The van der Waals surface area contributed by atoms with Crippen molar-refractivity contribution in [2.24, 2.45) is 11.3 Å². The Bertz CT molecular complexity index is 392. The summed E-state index contributed by atoms with van der Waals surface area (Å²) in [5.74, 6) is 0.719. The Kier molecular flexibility index (Phi) is 2.21. The summed E-state index contributed by atoms with van der Waals surface area (Å²) in [6.07, 6.45) is 10.8. The minimum atomic E-state index is -0.0284. The van der Waals surface area contributed by atoms with Gasteiger partial charge in [0.25, 0.3) is 0 Å². The van der Waals surface area contributed by atoms with Gasteiger partial charge in [-0.15, -0.1) is 6.58 Å². The molecular formula is C16H24O. The molecule has 2 bridgehead atoms. The first kappa shape index (κ1) is 11.5. The van der Waals surface area contributed by atoms with Crippen LogP contribution in [0, 0.1) is 11.3 Å². The highest BCUT2D eigenvalue weighted by Gasteiger charge is 2.64. The second kappa shape index (κ2) is 3.26. The molecule has 2 aliphatic carbocycles. The van der Waals surface area contributed by atoms with Crippen LogP contribution in [0.2, 0.25) is 0 Å². The molecule has 0 aromatic heterocycles. The van der Waals surface area contributed by atoms with E-state index in [2.05, 4.69) is 39.5 Å². The molecule has 2 fully saturated rings. The minimum Gasteiger partial charge on any atom is -0.364 e. The second-order valence-electron chi connectivity index (χ2n) is 6.76. The number of hydrogen-bond acceptors (Lipinski definition) is 1. The van der Waals surface area contributed by atoms with Crippen molar-refractivity contribution in [3.63, 3.8) is 0 Å². The van der Waals surface area contributed by atoms with E-state index in [1.807, 2.05) is 0 Å². The highest BCUT2D eigenvalue weighted by atomic mass is 16.5. The SMILES string of the molecule is C=C[C@@]12CCC=C(C)[C@@]13C[C@@H](CC2)C(C)(C)O3. The molecule has 1 spiro atoms. The third kappa shape index (κ3) is 1.24. The molecule has 0 aromatic rings. The first-order chi connectivity index (χ1) is 7.96. The van der Waals surface area contributed by atoms with Gasteiger partial charge in [0.1, 0.15) is 0 Å². The molecular weight excluding hydrogens is 208 g/mol. The van der Waals surface area contributed by atoms with Gasteiger partial charge in [0.05, 0.1) is 11.2 Å². The van der Waals surface area contributed by atoms with Gasteiger partial charge in [0.2, 0.25) is 0 Å². The average molecular weight is 232 g/mol. The standard InChI is InChI=1S/C16H24O/c1-5-15-9-6-7-12(2)16(15)11-13(8-10-15)14(3,4)17-16/h5,7,13H,1,6,8-11H2,2-4H3/t13-,15+,16+/m1/s1. The van der Waals surface area contributed by atoms with Gasteiger partial charge in [-0.25, -0.2) is 0 Å². The summed E-state index contributed by atoms with van der Waals surface area (Å²) in [6, 6.07) is 0. The van der Waals surface area contributed by atoms with Crippen molar-refractivity contribution in [2.75, 3.05) is 0 Å². The molecule has 0 amide bonds. The zero-order chi connectivity index (χ0) is 12.3. The first-order valence-corrected chi connectivity index (χ1v) is 6.97. The van der Waals surface area contributed by atoms with Crippen LogP contribution in [0.4, 0.5) is 0 Å². The largest absolute Gasteiger partial charge is 0.364 e. The van der Waals surface area contributed by atoms with Crippen molar-refractivity contribution in [1.29, 1.82) is 0 Å². The van der Waals surface area contributed by atoms with Crippen molar-refractivity contribution in [2.45, 2.75) is 64.1 Å². The zero-order valence-corrected chi connectivity index (χ0v) is 11.4. The van der Waals surface area contributed by atoms with Crippen LogP contribution in [0.25, 0.3) is 0 Å². The van der Waals surface area contributed by atoms with E-state index in [4.69, 9.17) is 4.74 Å². The maximum atomic E-state index is 6.63. The highest BCUT2D eigenvalue weighted by Crippen LogP contribution is 2.64. The van der Waals surface area contributed by atoms with Gasteiger partial charge in [-0.2, -0.15) is 0 Å². The summed E-state index contributed by atoms with van der Waals surface area (Å²) in [7, 11) is 0. The number of hydrogen-bond donors (Lipinski definition) is 0. The Balaban J connectivity index is 2.15. The van der Waals surface area contributed by atoms with E-state index < -0.39 is 0 Å². The van der Waals surface area contributed by atoms with Gasteiger partial charge in [-0.3, -0.25) is 0 Å². The average Bonchev–Trinajstić information content (AvgIpc) is 2.51. The molecule has 17 heavy (non-hydrogen) atoms. The zero-order valence-electron chi connectivity index (χ0n) is 11.4. The van der Waals surface area contributed by atoms with Crippen LogP contribution >= 0.6 is 0 Å². The smallest absolute Gasteiger partial charge is 0.0990 e. The molecule has 1 saturated heterocycles. The fraction of sp³-hybridized carbons (Fsp3) is 0.750. The molecule has 0 unspecified atom stereocenters. The Morgan fingerprint density at radius 3 is 2.88 bits per heavy atom. The molecule has 0 N–H and O–H groups in total. The third-order valence-corrected chi connectivity index (χ3v) is 5.77. The lowest BCUT2D eigenvalue weighted by molar-refractivity contribution is -0.120. The number of allylic oxidation sites excluding steroid dienone is 1. The molecule has 1 nitrogen and oxygen atoms in total. The minimum absolute atomic E-state index is 0.0284. The number of fused-ring (bicyclic) bond motifs is 1. The van der Waals surface area contributed by atoms with E-state index in [0.29, 0.717) is 0 Å². The lowest BCUT2D eigenvalue weighted by Gasteiger charge is -2.52.